The molecule has 2 fully saturated rings. The zero-order chi connectivity index (χ0) is 32.1. The maximum absolute atomic E-state index is 15.8. The minimum Gasteiger partial charge on any atom is -0.420 e. The Hall–Kier alpha value is -3.83. The van der Waals surface area contributed by atoms with Crippen LogP contribution in [0.25, 0.3) is 5.52 Å². The van der Waals surface area contributed by atoms with Gasteiger partial charge in [-0.15, -0.1) is 16.4 Å². The van der Waals surface area contributed by atoms with Crippen LogP contribution in [0.15, 0.2) is 63.1 Å². The number of carbonyl (C=O) groups is 1. The van der Waals surface area contributed by atoms with Gasteiger partial charge in [-0.25, -0.2) is 13.6 Å². The normalized spacial score (nSPS) is 26.0. The molecule has 2 aromatic carbocycles. The van der Waals surface area contributed by atoms with E-state index in [4.69, 9.17) is 9.47 Å². The molecule has 0 N–H and O–H groups in total. The summed E-state index contributed by atoms with van der Waals surface area (Å²) in [6, 6.07) is 11.8. The van der Waals surface area contributed by atoms with Gasteiger partial charge in [-0.1, -0.05) is 38.1 Å². The van der Waals surface area contributed by atoms with Crippen LogP contribution in [-0.2, 0) is 27.4 Å². The second kappa shape index (κ2) is 10.3. The van der Waals surface area contributed by atoms with Gasteiger partial charge in [-0.2, -0.15) is 9.08 Å². The Morgan fingerprint density at radius 1 is 1.13 bits per heavy atom. The van der Waals surface area contributed by atoms with Gasteiger partial charge in [0.15, 0.2) is 17.2 Å². The standard InChI is InChI=1S/C35H34F2N3O5S/c1-19(2)16-28(42)44-31-26(41)11-14-39-30(31)33(43)38-15-13-35-12-10-20(45-35)17-24(35)32(38)40(39)34(3)22-8-9-25(36)29(37)21(22)18-46-27-7-5-4-6-23(27)34/h4-9,11,14,19-20,24H,10,12-13,15-18H2,1-3H3/q+1/t20-,24+,34-,35-/m0/s1. The number of hydrogen-bond acceptors (Lipinski definition) is 6. The lowest BCUT2D eigenvalue weighted by molar-refractivity contribution is -0.815. The van der Waals surface area contributed by atoms with Crippen molar-refractivity contribution in [2.75, 3.05) is 0 Å². The van der Waals surface area contributed by atoms with Gasteiger partial charge < -0.3 is 9.47 Å². The molecule has 238 valence electrons. The van der Waals surface area contributed by atoms with Crippen LogP contribution in [0.5, 0.6) is 5.75 Å². The lowest BCUT2D eigenvalue weighted by atomic mass is 9.73. The summed E-state index contributed by atoms with van der Waals surface area (Å²) in [6.07, 6.45) is 4.78. The van der Waals surface area contributed by atoms with Gasteiger partial charge in [-0.3, -0.25) is 9.59 Å². The number of rotatable bonds is 4. The summed E-state index contributed by atoms with van der Waals surface area (Å²) in [4.78, 5) is 41.8. The molecule has 2 saturated heterocycles. The van der Waals surface area contributed by atoms with Crippen molar-refractivity contribution in [3.8, 4) is 5.75 Å². The number of aromatic nitrogens is 3. The van der Waals surface area contributed by atoms with E-state index in [2.05, 4.69) is 0 Å². The molecule has 46 heavy (non-hydrogen) atoms. The second-order valence-corrected chi connectivity index (χ2v) is 14.5. The number of ether oxygens (including phenoxy) is 2. The summed E-state index contributed by atoms with van der Waals surface area (Å²) in [5, 5.41) is 0. The zero-order valence-corrected chi connectivity index (χ0v) is 26.7. The Labute approximate surface area is 267 Å². The Kier molecular flexibility index (Phi) is 6.64. The maximum Gasteiger partial charge on any atom is 0.365 e. The molecule has 0 amide bonds. The quantitative estimate of drug-likeness (QED) is 0.224. The highest BCUT2D eigenvalue weighted by molar-refractivity contribution is 7.98. The first-order chi connectivity index (χ1) is 22.0. The van der Waals surface area contributed by atoms with Gasteiger partial charge in [-0.05, 0) is 44.2 Å². The summed E-state index contributed by atoms with van der Waals surface area (Å²) in [7, 11) is 0. The van der Waals surface area contributed by atoms with E-state index < -0.39 is 39.7 Å². The predicted octanol–water partition coefficient (Wildman–Crippen LogP) is 5.20. The molecule has 0 unspecified atom stereocenters. The van der Waals surface area contributed by atoms with Crippen LogP contribution in [-0.4, -0.2) is 26.8 Å². The van der Waals surface area contributed by atoms with Crippen LogP contribution in [0.3, 0.4) is 0 Å². The summed E-state index contributed by atoms with van der Waals surface area (Å²) >= 11 is 1.43. The zero-order valence-electron chi connectivity index (χ0n) is 25.8. The Balaban J connectivity index is 1.54. The van der Waals surface area contributed by atoms with E-state index in [9.17, 15) is 18.8 Å². The first-order valence-corrected chi connectivity index (χ1v) is 16.8. The van der Waals surface area contributed by atoms with Gasteiger partial charge in [0.1, 0.15) is 0 Å². The second-order valence-electron chi connectivity index (χ2n) is 13.5. The summed E-state index contributed by atoms with van der Waals surface area (Å²) in [6.45, 7) is 6.01. The molecule has 1 spiro atoms. The third-order valence-corrected chi connectivity index (χ3v) is 11.5. The topological polar surface area (TPSA) is 82.9 Å². The third-order valence-electron chi connectivity index (χ3n) is 10.4. The molecule has 8 nitrogen and oxygen atoms in total. The number of halogens is 2. The van der Waals surface area contributed by atoms with E-state index in [1.165, 1.54) is 24.0 Å². The average molecular weight is 647 g/mol. The first kappa shape index (κ1) is 29.6. The molecule has 6 heterocycles. The third kappa shape index (κ3) is 4.06. The highest BCUT2D eigenvalue weighted by atomic mass is 32.2. The van der Waals surface area contributed by atoms with Crippen LogP contribution >= 0.6 is 11.8 Å². The number of nitrogens with zero attached hydrogens (tertiary/aromatic N) is 3. The SMILES string of the molecule is CC(C)CC(=O)Oc1c(=O)ccn2c1c(=O)n1c([n+]2[C@]2(C)c3ccccc3SCc3c2ccc(F)c3F)[C@H]2C[C@@H]3CC[C@@]2(CC1)O3. The number of hydrogen-bond donors (Lipinski definition) is 0. The van der Waals surface area contributed by atoms with Crippen molar-refractivity contribution in [3.63, 3.8) is 0 Å². The van der Waals surface area contributed by atoms with E-state index in [0.717, 1.165) is 29.4 Å². The number of thioether (sulfide) groups is 1. The smallest absolute Gasteiger partial charge is 0.365 e. The first-order valence-electron chi connectivity index (χ1n) is 15.9. The average Bonchev–Trinajstić information content (AvgIpc) is 3.57. The summed E-state index contributed by atoms with van der Waals surface area (Å²) < 4.78 is 48.2. The van der Waals surface area contributed by atoms with E-state index in [1.807, 2.05) is 49.7 Å². The number of pyridine rings is 1. The van der Waals surface area contributed by atoms with Gasteiger partial charge in [0.25, 0.3) is 5.82 Å². The molecule has 4 aliphatic heterocycles. The fourth-order valence-electron chi connectivity index (χ4n) is 8.37. The van der Waals surface area contributed by atoms with E-state index in [0.29, 0.717) is 30.8 Å². The summed E-state index contributed by atoms with van der Waals surface area (Å²) in [5.41, 5.74) is -1.17. The fraction of sp³-hybridized carbons (Fsp3) is 0.429. The van der Waals surface area contributed by atoms with Crippen LogP contribution in [0.2, 0.25) is 0 Å². The monoisotopic (exact) mass is 646 g/mol. The molecule has 0 saturated carbocycles. The van der Waals surface area contributed by atoms with Gasteiger partial charge >= 0.3 is 11.5 Å². The van der Waals surface area contributed by atoms with Crippen LogP contribution in [0.1, 0.15) is 81.3 Å². The van der Waals surface area contributed by atoms with Crippen molar-refractivity contribution in [2.24, 2.45) is 5.92 Å². The highest BCUT2D eigenvalue weighted by Crippen LogP contribution is 2.56. The maximum atomic E-state index is 15.8. The molecule has 11 heteroatoms. The van der Waals surface area contributed by atoms with E-state index >= 15 is 4.39 Å². The minimum atomic E-state index is -1.21. The lowest BCUT2D eigenvalue weighted by Gasteiger charge is -2.39. The number of benzene rings is 2. The number of fused-ring (bicyclic) bond motifs is 6. The molecule has 0 radical (unpaired) electrons. The summed E-state index contributed by atoms with van der Waals surface area (Å²) in [5.74, 6) is -2.10. The Morgan fingerprint density at radius 3 is 2.72 bits per heavy atom. The lowest BCUT2D eigenvalue weighted by Crippen LogP contribution is -2.68. The Bertz CT molecular complexity index is 2090. The van der Waals surface area contributed by atoms with Crippen molar-refractivity contribution in [2.45, 2.75) is 93.2 Å². The largest absolute Gasteiger partial charge is 0.420 e. The highest BCUT2D eigenvalue weighted by Gasteiger charge is 2.62. The number of esters is 1. The van der Waals surface area contributed by atoms with Crippen LogP contribution in [0.4, 0.5) is 8.78 Å². The molecular formula is C35H34F2N3O5S+. The molecule has 2 bridgehead atoms. The molecule has 4 aromatic rings. The molecule has 8 rings (SSSR count). The van der Waals surface area contributed by atoms with Crippen molar-refractivity contribution in [1.82, 2.24) is 9.08 Å². The van der Waals surface area contributed by atoms with Crippen LogP contribution < -0.4 is 20.4 Å². The molecule has 0 aliphatic carbocycles. The molecule has 2 aromatic heterocycles. The van der Waals surface area contributed by atoms with Crippen molar-refractivity contribution < 1.29 is 27.7 Å². The molecular weight excluding hydrogens is 612 g/mol. The molecule has 4 atom stereocenters. The van der Waals surface area contributed by atoms with E-state index in [-0.39, 0.29) is 46.9 Å². The van der Waals surface area contributed by atoms with Crippen molar-refractivity contribution >= 4 is 23.2 Å². The van der Waals surface area contributed by atoms with Gasteiger partial charge in [0.05, 0.1) is 30.4 Å². The number of carbonyl (C=O) groups excluding carboxylic acids is 1. The predicted molar refractivity (Wildman–Crippen MR) is 166 cm³/mol. The van der Waals surface area contributed by atoms with Gasteiger partial charge in [0.2, 0.25) is 16.7 Å². The van der Waals surface area contributed by atoms with E-state index in [1.54, 1.807) is 15.1 Å². The Morgan fingerprint density at radius 2 is 1.93 bits per heavy atom. The minimum absolute atomic E-state index is 0.0244. The van der Waals surface area contributed by atoms with Crippen molar-refractivity contribution in [1.29, 1.82) is 0 Å². The van der Waals surface area contributed by atoms with Gasteiger partial charge in [0, 0.05) is 46.2 Å². The van der Waals surface area contributed by atoms with Crippen molar-refractivity contribution in [3.05, 3.63) is 103 Å². The molecule has 4 aliphatic rings. The van der Waals surface area contributed by atoms with Crippen LogP contribution in [0, 0.1) is 17.6 Å². The fourth-order valence-corrected chi connectivity index (χ4v) is 9.55.